The molecule has 0 aromatic carbocycles. The Bertz CT molecular complexity index is 1180. The van der Waals surface area contributed by atoms with Crippen molar-refractivity contribution >= 4 is 26.9 Å². The fraction of sp³-hybridized carbons (Fsp3) is 0.583. The van der Waals surface area contributed by atoms with Gasteiger partial charge in [-0.05, 0) is 62.5 Å². The number of sulfonamides is 1. The second-order valence-corrected chi connectivity index (χ2v) is 11.7. The number of hydrogen-bond donors (Lipinski definition) is 1. The highest BCUT2D eigenvalue weighted by Gasteiger charge is 2.33. The van der Waals surface area contributed by atoms with Crippen molar-refractivity contribution < 1.29 is 8.42 Å². The average molecular weight is 484 g/mol. The number of piperidine rings is 1. The number of aromatic nitrogens is 5. The molecule has 2 aliphatic rings. The third-order valence-electron chi connectivity index (χ3n) is 7.53. The SMILES string of the molecule is CN(c1ncnc2[nH]ccc12)C1CCC(CS(=O)(=O)N2CCC(Cc3ncccn3)CC2)CC1. The van der Waals surface area contributed by atoms with Crippen molar-refractivity contribution in [3.05, 3.63) is 42.9 Å². The number of rotatable bonds is 7. The molecule has 9 nitrogen and oxygen atoms in total. The van der Waals surface area contributed by atoms with Crippen LogP contribution in [0.2, 0.25) is 0 Å². The molecule has 3 aromatic heterocycles. The summed E-state index contributed by atoms with van der Waals surface area (Å²) in [5, 5.41) is 1.02. The molecule has 0 amide bonds. The van der Waals surface area contributed by atoms with Crippen LogP contribution in [0.4, 0.5) is 5.82 Å². The van der Waals surface area contributed by atoms with Gasteiger partial charge in [0.15, 0.2) is 0 Å². The van der Waals surface area contributed by atoms with Crippen molar-refractivity contribution in [3.8, 4) is 0 Å². The van der Waals surface area contributed by atoms with Crippen LogP contribution in [-0.2, 0) is 16.4 Å². The summed E-state index contributed by atoms with van der Waals surface area (Å²) < 4.78 is 28.0. The minimum absolute atomic E-state index is 0.225. The van der Waals surface area contributed by atoms with Gasteiger partial charge < -0.3 is 9.88 Å². The molecular formula is C24H33N7O2S. The van der Waals surface area contributed by atoms with Crippen molar-refractivity contribution in [1.29, 1.82) is 0 Å². The van der Waals surface area contributed by atoms with Gasteiger partial charge in [0.25, 0.3) is 0 Å². The number of anilines is 1. The topological polar surface area (TPSA) is 108 Å². The summed E-state index contributed by atoms with van der Waals surface area (Å²) >= 11 is 0. The minimum atomic E-state index is -3.23. The van der Waals surface area contributed by atoms with Crippen molar-refractivity contribution in [1.82, 2.24) is 29.2 Å². The lowest BCUT2D eigenvalue weighted by Gasteiger charge is -2.36. The smallest absolute Gasteiger partial charge is 0.214 e. The fourth-order valence-corrected chi connectivity index (χ4v) is 7.41. The molecule has 2 fully saturated rings. The third kappa shape index (κ3) is 5.07. The van der Waals surface area contributed by atoms with E-state index in [1.165, 1.54) is 0 Å². The summed E-state index contributed by atoms with van der Waals surface area (Å²) in [6.07, 6.45) is 13.4. The molecule has 1 N–H and O–H groups in total. The molecule has 1 saturated carbocycles. The van der Waals surface area contributed by atoms with Crippen molar-refractivity contribution in [3.63, 3.8) is 0 Å². The van der Waals surface area contributed by atoms with Gasteiger partial charge in [-0.25, -0.2) is 32.7 Å². The molecule has 10 heteroatoms. The van der Waals surface area contributed by atoms with Gasteiger partial charge in [-0.15, -0.1) is 0 Å². The minimum Gasteiger partial charge on any atom is -0.356 e. The second-order valence-electron chi connectivity index (χ2n) is 9.71. The molecule has 0 atom stereocenters. The lowest BCUT2D eigenvalue weighted by Crippen LogP contribution is -2.42. The average Bonchev–Trinajstić information content (AvgIpc) is 3.34. The molecule has 34 heavy (non-hydrogen) atoms. The van der Waals surface area contributed by atoms with Crippen LogP contribution in [0.5, 0.6) is 0 Å². The maximum Gasteiger partial charge on any atom is 0.214 e. The first kappa shape index (κ1) is 23.2. The Labute approximate surface area is 201 Å². The van der Waals surface area contributed by atoms with Crippen LogP contribution in [0, 0.1) is 11.8 Å². The summed E-state index contributed by atoms with van der Waals surface area (Å²) in [5.41, 5.74) is 0.844. The Morgan fingerprint density at radius 1 is 1.00 bits per heavy atom. The first-order valence-electron chi connectivity index (χ1n) is 12.2. The standard InChI is InChI=1S/C24H33N7O2S/c1-30(24-21-7-12-27-23(21)28-17-29-24)20-5-3-19(4-6-20)16-34(32,33)31-13-8-18(9-14-31)15-22-25-10-2-11-26-22/h2,7,10-12,17-20H,3-6,8-9,13-16H2,1H3,(H,27,28,29). The van der Waals surface area contributed by atoms with Crippen molar-refractivity contribution in [2.45, 2.75) is 51.0 Å². The van der Waals surface area contributed by atoms with E-state index in [2.05, 4.69) is 36.9 Å². The van der Waals surface area contributed by atoms with Crippen LogP contribution >= 0.6 is 0 Å². The Balaban J connectivity index is 1.11. The first-order chi connectivity index (χ1) is 16.5. The lowest BCUT2D eigenvalue weighted by molar-refractivity contribution is 0.266. The van der Waals surface area contributed by atoms with Crippen LogP contribution in [0.3, 0.4) is 0 Å². The molecule has 1 saturated heterocycles. The molecule has 0 radical (unpaired) electrons. The summed E-state index contributed by atoms with van der Waals surface area (Å²) in [7, 11) is -1.14. The Morgan fingerprint density at radius 2 is 1.74 bits per heavy atom. The van der Waals surface area contributed by atoms with Gasteiger partial charge in [-0.1, -0.05) is 0 Å². The zero-order valence-corrected chi connectivity index (χ0v) is 20.5. The summed E-state index contributed by atoms with van der Waals surface area (Å²) in [6.45, 7) is 1.22. The summed E-state index contributed by atoms with van der Waals surface area (Å²) in [4.78, 5) is 22.8. The van der Waals surface area contributed by atoms with E-state index >= 15 is 0 Å². The van der Waals surface area contributed by atoms with E-state index in [9.17, 15) is 8.42 Å². The highest BCUT2D eigenvalue weighted by atomic mass is 32.2. The zero-order chi connectivity index (χ0) is 23.5. The Kier molecular flexibility index (Phi) is 6.78. The zero-order valence-electron chi connectivity index (χ0n) is 19.7. The normalized spacial score (nSPS) is 22.7. The van der Waals surface area contributed by atoms with E-state index in [0.717, 1.165) is 67.6 Å². The predicted octanol–water partition coefficient (Wildman–Crippen LogP) is 3.03. The van der Waals surface area contributed by atoms with Crippen LogP contribution in [-0.4, -0.2) is 69.6 Å². The first-order valence-corrected chi connectivity index (χ1v) is 13.8. The molecule has 1 aliphatic carbocycles. The molecular weight excluding hydrogens is 450 g/mol. The number of H-pyrrole nitrogens is 1. The molecule has 0 unspecified atom stereocenters. The number of aromatic amines is 1. The van der Waals surface area contributed by atoms with Gasteiger partial charge in [0.05, 0.1) is 11.1 Å². The fourth-order valence-electron chi connectivity index (χ4n) is 5.50. The van der Waals surface area contributed by atoms with Crippen LogP contribution < -0.4 is 4.90 Å². The molecule has 5 rings (SSSR count). The maximum absolute atomic E-state index is 13.1. The predicted molar refractivity (Wildman–Crippen MR) is 132 cm³/mol. The van der Waals surface area contributed by atoms with Crippen LogP contribution in [0.25, 0.3) is 11.0 Å². The largest absolute Gasteiger partial charge is 0.356 e. The van der Waals surface area contributed by atoms with Gasteiger partial charge in [0.1, 0.15) is 23.6 Å². The molecule has 0 spiro atoms. The highest BCUT2D eigenvalue weighted by Crippen LogP contribution is 2.33. The molecule has 182 valence electrons. The van der Waals surface area contributed by atoms with E-state index in [0.29, 0.717) is 25.0 Å². The Hall–Kier alpha value is -2.59. The number of nitrogens with one attached hydrogen (secondary N) is 1. The van der Waals surface area contributed by atoms with E-state index in [1.807, 2.05) is 18.3 Å². The maximum atomic E-state index is 13.1. The molecule has 1 aliphatic heterocycles. The molecule has 0 bridgehead atoms. The van der Waals surface area contributed by atoms with E-state index in [-0.39, 0.29) is 11.7 Å². The van der Waals surface area contributed by atoms with Crippen LogP contribution in [0.15, 0.2) is 37.1 Å². The van der Waals surface area contributed by atoms with E-state index in [1.54, 1.807) is 23.0 Å². The Morgan fingerprint density at radius 3 is 2.47 bits per heavy atom. The summed E-state index contributed by atoms with van der Waals surface area (Å²) in [5.74, 6) is 2.73. The molecule has 3 aromatic rings. The number of hydrogen-bond acceptors (Lipinski definition) is 7. The van der Waals surface area contributed by atoms with Crippen molar-refractivity contribution in [2.75, 3.05) is 30.8 Å². The van der Waals surface area contributed by atoms with Gasteiger partial charge in [0, 0.05) is 51.2 Å². The number of fused-ring (bicyclic) bond motifs is 1. The monoisotopic (exact) mass is 483 g/mol. The van der Waals surface area contributed by atoms with Gasteiger partial charge >= 0.3 is 0 Å². The lowest BCUT2D eigenvalue weighted by atomic mass is 9.86. The quantitative estimate of drug-likeness (QED) is 0.550. The van der Waals surface area contributed by atoms with Crippen molar-refractivity contribution in [2.24, 2.45) is 11.8 Å². The highest BCUT2D eigenvalue weighted by molar-refractivity contribution is 7.89. The second kappa shape index (κ2) is 9.95. The van der Waals surface area contributed by atoms with Crippen LogP contribution in [0.1, 0.15) is 44.3 Å². The van der Waals surface area contributed by atoms with Gasteiger partial charge in [-0.3, -0.25) is 0 Å². The van der Waals surface area contributed by atoms with Gasteiger partial charge in [-0.2, -0.15) is 0 Å². The summed E-state index contributed by atoms with van der Waals surface area (Å²) in [6, 6.07) is 4.19. The van der Waals surface area contributed by atoms with E-state index in [4.69, 9.17) is 0 Å². The third-order valence-corrected chi connectivity index (χ3v) is 9.58. The van der Waals surface area contributed by atoms with Gasteiger partial charge in [0.2, 0.25) is 10.0 Å². The number of nitrogens with zero attached hydrogens (tertiary/aromatic N) is 6. The molecule has 4 heterocycles. The van der Waals surface area contributed by atoms with E-state index < -0.39 is 10.0 Å².